The topological polar surface area (TPSA) is 56.2 Å². The Morgan fingerprint density at radius 3 is 2.71 bits per heavy atom. The van der Waals surface area contributed by atoms with E-state index in [1.54, 1.807) is 6.92 Å². The van der Waals surface area contributed by atoms with Crippen molar-refractivity contribution in [3.8, 4) is 11.4 Å². The van der Waals surface area contributed by atoms with E-state index >= 15 is 0 Å². The highest BCUT2D eigenvalue weighted by atomic mass is 32.2. The Bertz CT molecular complexity index is 1010. The summed E-state index contributed by atoms with van der Waals surface area (Å²) in [4.78, 5) is 12.9. The van der Waals surface area contributed by atoms with E-state index in [0.717, 1.165) is 39.8 Å². The first-order valence-corrected chi connectivity index (χ1v) is 10.5. The molecule has 1 aliphatic rings. The lowest BCUT2D eigenvalue weighted by molar-refractivity contribution is -0.122. The molecule has 6 heteroatoms. The number of thioether (sulfide) groups is 1. The minimum absolute atomic E-state index is 0.186. The maximum atomic E-state index is 12.9. The van der Waals surface area contributed by atoms with Gasteiger partial charge in [0.25, 0.3) is 5.91 Å². The molecule has 2 heterocycles. The van der Waals surface area contributed by atoms with Gasteiger partial charge in [0, 0.05) is 17.1 Å². The molecule has 1 aliphatic heterocycles. The van der Waals surface area contributed by atoms with Crippen LogP contribution in [-0.4, -0.2) is 21.8 Å². The van der Waals surface area contributed by atoms with E-state index in [0.29, 0.717) is 5.75 Å². The summed E-state index contributed by atoms with van der Waals surface area (Å²) in [7, 11) is 0. The number of nitrogens with zero attached hydrogens (tertiary/aromatic N) is 2. The van der Waals surface area contributed by atoms with Crippen molar-refractivity contribution in [2.75, 3.05) is 5.32 Å². The highest BCUT2D eigenvalue weighted by Gasteiger charge is 2.27. The van der Waals surface area contributed by atoms with E-state index in [1.807, 2.05) is 46.8 Å². The molecule has 4 rings (SSSR count). The molecule has 2 aromatic carbocycles. The van der Waals surface area contributed by atoms with Gasteiger partial charge in [0.2, 0.25) is 0 Å². The fraction of sp³-hybridized carbons (Fsp3) is 0.273. The van der Waals surface area contributed by atoms with Gasteiger partial charge in [0.1, 0.15) is 11.6 Å². The number of carbonyl (C=O) groups is 1. The third kappa shape index (κ3) is 3.64. The van der Waals surface area contributed by atoms with E-state index in [1.165, 1.54) is 5.56 Å². The summed E-state index contributed by atoms with van der Waals surface area (Å²) in [6.45, 7) is 5.90. The van der Waals surface area contributed by atoms with E-state index in [9.17, 15) is 4.79 Å². The van der Waals surface area contributed by atoms with E-state index in [-0.39, 0.29) is 5.91 Å². The summed E-state index contributed by atoms with van der Waals surface area (Å²) in [5.74, 6) is 2.96. The number of anilines is 1. The number of rotatable bonds is 5. The van der Waals surface area contributed by atoms with E-state index in [2.05, 4.69) is 37.4 Å². The van der Waals surface area contributed by atoms with Gasteiger partial charge in [0.15, 0.2) is 6.10 Å². The van der Waals surface area contributed by atoms with Crippen molar-refractivity contribution in [1.82, 2.24) is 9.78 Å². The van der Waals surface area contributed by atoms with Gasteiger partial charge in [-0.2, -0.15) is 16.9 Å². The van der Waals surface area contributed by atoms with E-state index < -0.39 is 6.10 Å². The first-order valence-electron chi connectivity index (χ1n) is 9.31. The number of hydrogen-bond acceptors (Lipinski definition) is 4. The monoisotopic (exact) mass is 393 g/mol. The average Bonchev–Trinajstić information content (AvgIpc) is 3.25. The predicted molar refractivity (Wildman–Crippen MR) is 113 cm³/mol. The molecule has 28 heavy (non-hydrogen) atoms. The summed E-state index contributed by atoms with van der Waals surface area (Å²) < 4.78 is 7.65. The van der Waals surface area contributed by atoms with Crippen LogP contribution in [0, 0.1) is 13.8 Å². The second kappa shape index (κ2) is 7.72. The fourth-order valence-corrected chi connectivity index (χ4v) is 4.37. The molecule has 0 fully saturated rings. The van der Waals surface area contributed by atoms with Crippen LogP contribution in [-0.2, 0) is 16.3 Å². The van der Waals surface area contributed by atoms with Gasteiger partial charge in [-0.3, -0.25) is 4.79 Å². The molecule has 1 atom stereocenters. The number of benzene rings is 2. The SMILES string of the molecule is Cc1ccc(-n2nc3c(c2NC(=O)[C@H](C)Oc2ccccc2)CSC3)c(C)c1. The molecule has 0 bridgehead atoms. The first-order chi connectivity index (χ1) is 13.5. The summed E-state index contributed by atoms with van der Waals surface area (Å²) >= 11 is 1.81. The average molecular weight is 394 g/mol. The van der Waals surface area contributed by atoms with Gasteiger partial charge in [-0.05, 0) is 44.5 Å². The van der Waals surface area contributed by atoms with Gasteiger partial charge in [-0.15, -0.1) is 0 Å². The lowest BCUT2D eigenvalue weighted by Gasteiger charge is -2.17. The van der Waals surface area contributed by atoms with Crippen LogP contribution in [0.5, 0.6) is 5.75 Å². The zero-order chi connectivity index (χ0) is 19.7. The van der Waals surface area contributed by atoms with Crippen LogP contribution in [0.15, 0.2) is 48.5 Å². The van der Waals surface area contributed by atoms with Gasteiger partial charge < -0.3 is 10.1 Å². The van der Waals surface area contributed by atoms with Crippen molar-refractivity contribution in [2.24, 2.45) is 0 Å². The van der Waals surface area contributed by atoms with Crippen molar-refractivity contribution >= 4 is 23.5 Å². The third-order valence-corrected chi connectivity index (χ3v) is 5.77. The minimum Gasteiger partial charge on any atom is -0.481 e. The van der Waals surface area contributed by atoms with Crippen LogP contribution in [0.1, 0.15) is 29.3 Å². The number of hydrogen-bond donors (Lipinski definition) is 1. The third-order valence-electron chi connectivity index (χ3n) is 4.80. The molecule has 0 saturated heterocycles. The molecule has 0 unspecified atom stereocenters. The molecular weight excluding hydrogens is 370 g/mol. The van der Waals surface area contributed by atoms with Gasteiger partial charge >= 0.3 is 0 Å². The van der Waals surface area contributed by atoms with Crippen LogP contribution in [0.25, 0.3) is 5.69 Å². The molecule has 0 radical (unpaired) electrons. The second-order valence-corrected chi connectivity index (χ2v) is 8.02. The number of aromatic nitrogens is 2. The number of fused-ring (bicyclic) bond motifs is 1. The Kier molecular flexibility index (Phi) is 5.13. The fourth-order valence-electron chi connectivity index (χ4n) is 3.33. The largest absolute Gasteiger partial charge is 0.481 e. The molecule has 5 nitrogen and oxygen atoms in total. The van der Waals surface area contributed by atoms with Crippen LogP contribution in [0.4, 0.5) is 5.82 Å². The molecule has 0 saturated carbocycles. The van der Waals surface area contributed by atoms with Crippen molar-refractivity contribution in [3.05, 3.63) is 70.9 Å². The van der Waals surface area contributed by atoms with Crippen LogP contribution in [0.2, 0.25) is 0 Å². The standard InChI is InChI=1S/C22H23N3O2S/c1-14-9-10-20(15(2)11-14)25-21(18-12-28-13-19(18)24-25)23-22(26)16(3)27-17-7-5-4-6-8-17/h4-11,16H,12-13H2,1-3H3,(H,23,26)/t16-/m0/s1. The van der Waals surface area contributed by atoms with Crippen molar-refractivity contribution < 1.29 is 9.53 Å². The van der Waals surface area contributed by atoms with Crippen LogP contribution < -0.4 is 10.1 Å². The lowest BCUT2D eigenvalue weighted by atomic mass is 10.1. The molecule has 0 spiro atoms. The maximum absolute atomic E-state index is 12.9. The predicted octanol–water partition coefficient (Wildman–Crippen LogP) is 4.64. The second-order valence-electron chi connectivity index (χ2n) is 7.03. The normalized spacial score (nSPS) is 13.8. The number of ether oxygens (including phenoxy) is 1. The maximum Gasteiger partial charge on any atom is 0.266 e. The number of nitrogens with one attached hydrogen (secondary N) is 1. The number of aryl methyl sites for hydroxylation is 2. The number of amides is 1. The highest BCUT2D eigenvalue weighted by molar-refractivity contribution is 7.98. The molecular formula is C22H23N3O2S. The molecule has 1 aromatic heterocycles. The summed E-state index contributed by atoms with van der Waals surface area (Å²) in [5, 5.41) is 7.86. The molecule has 1 amide bonds. The molecule has 0 aliphatic carbocycles. The Morgan fingerprint density at radius 2 is 1.96 bits per heavy atom. The minimum atomic E-state index is -0.616. The smallest absolute Gasteiger partial charge is 0.266 e. The number of para-hydroxylation sites is 1. The Hall–Kier alpha value is -2.73. The summed E-state index contributed by atoms with van der Waals surface area (Å²) in [6.07, 6.45) is -0.616. The summed E-state index contributed by atoms with van der Waals surface area (Å²) in [6, 6.07) is 15.6. The van der Waals surface area contributed by atoms with Crippen LogP contribution >= 0.6 is 11.8 Å². The molecule has 3 aromatic rings. The van der Waals surface area contributed by atoms with Crippen molar-refractivity contribution in [3.63, 3.8) is 0 Å². The zero-order valence-electron chi connectivity index (χ0n) is 16.2. The van der Waals surface area contributed by atoms with Crippen molar-refractivity contribution in [2.45, 2.75) is 38.4 Å². The zero-order valence-corrected chi connectivity index (χ0v) is 17.0. The highest BCUT2D eigenvalue weighted by Crippen LogP contribution is 2.36. The number of carbonyl (C=O) groups excluding carboxylic acids is 1. The lowest BCUT2D eigenvalue weighted by Crippen LogP contribution is -2.31. The van der Waals surface area contributed by atoms with Gasteiger partial charge in [-0.1, -0.05) is 35.9 Å². The quantitative estimate of drug-likeness (QED) is 0.686. The van der Waals surface area contributed by atoms with Crippen molar-refractivity contribution in [1.29, 1.82) is 0 Å². The Labute approximate surface area is 169 Å². The van der Waals surface area contributed by atoms with Crippen LogP contribution in [0.3, 0.4) is 0 Å². The molecule has 1 N–H and O–H groups in total. The van der Waals surface area contributed by atoms with Gasteiger partial charge in [0.05, 0.1) is 11.4 Å². The summed E-state index contributed by atoms with van der Waals surface area (Å²) in [5.41, 5.74) is 5.45. The first kappa shape index (κ1) is 18.6. The van der Waals surface area contributed by atoms with E-state index in [4.69, 9.17) is 9.84 Å². The Balaban J connectivity index is 1.63. The van der Waals surface area contributed by atoms with Gasteiger partial charge in [-0.25, -0.2) is 4.68 Å². The molecule has 144 valence electrons. The Morgan fingerprint density at radius 1 is 1.18 bits per heavy atom.